The van der Waals surface area contributed by atoms with E-state index >= 15 is 0 Å². The maximum Gasteiger partial charge on any atom is 0.348 e. The van der Waals surface area contributed by atoms with Gasteiger partial charge in [0.2, 0.25) is 0 Å². The number of amides is 1. The highest BCUT2D eigenvalue weighted by atomic mass is 35.5. The Morgan fingerprint density at radius 1 is 1.17 bits per heavy atom. The molecule has 2 aromatic rings. The first-order valence-corrected chi connectivity index (χ1v) is 7.93. The number of carbonyl (C=O) groups is 2. The Kier molecular flexibility index (Phi) is 4.68. The standard InChI is InChI=1S/C15H12ClNO5S/c16-13-4-3-12(23-13)15(19)22-8-14(18)17-9-1-2-10-11(7-9)21-6-5-20-10/h1-4,7H,5-6,8H2,(H,17,18). The van der Waals surface area contributed by atoms with Crippen LogP contribution in [0.4, 0.5) is 5.69 Å². The molecule has 0 fully saturated rings. The van der Waals surface area contributed by atoms with E-state index in [9.17, 15) is 9.59 Å². The number of anilines is 1. The largest absolute Gasteiger partial charge is 0.486 e. The fraction of sp³-hybridized carbons (Fsp3) is 0.200. The molecule has 1 N–H and O–H groups in total. The van der Waals surface area contributed by atoms with Crippen molar-refractivity contribution in [1.29, 1.82) is 0 Å². The maximum atomic E-state index is 11.8. The van der Waals surface area contributed by atoms with Crippen molar-refractivity contribution in [3.05, 3.63) is 39.5 Å². The Morgan fingerprint density at radius 3 is 2.70 bits per heavy atom. The number of carbonyl (C=O) groups excluding carboxylic acids is 2. The molecule has 0 bridgehead atoms. The average Bonchev–Trinajstić information content (AvgIpc) is 2.99. The van der Waals surface area contributed by atoms with Gasteiger partial charge in [0, 0.05) is 11.8 Å². The molecule has 0 saturated carbocycles. The van der Waals surface area contributed by atoms with Crippen molar-refractivity contribution in [2.24, 2.45) is 0 Å². The molecule has 6 nitrogen and oxygen atoms in total. The van der Waals surface area contributed by atoms with Gasteiger partial charge in [-0.05, 0) is 24.3 Å². The summed E-state index contributed by atoms with van der Waals surface area (Å²) in [7, 11) is 0. The highest BCUT2D eigenvalue weighted by Crippen LogP contribution is 2.32. The predicted molar refractivity (Wildman–Crippen MR) is 85.7 cm³/mol. The number of fused-ring (bicyclic) bond motifs is 1. The summed E-state index contributed by atoms with van der Waals surface area (Å²) in [6.07, 6.45) is 0. The van der Waals surface area contributed by atoms with Crippen LogP contribution >= 0.6 is 22.9 Å². The second kappa shape index (κ2) is 6.89. The van der Waals surface area contributed by atoms with Gasteiger partial charge in [-0.15, -0.1) is 11.3 Å². The summed E-state index contributed by atoms with van der Waals surface area (Å²) in [6.45, 7) is 0.579. The second-order valence-electron chi connectivity index (χ2n) is 4.59. The van der Waals surface area contributed by atoms with E-state index in [1.807, 2.05) is 0 Å². The van der Waals surface area contributed by atoms with E-state index in [2.05, 4.69) is 5.32 Å². The molecule has 1 aromatic carbocycles. The molecule has 1 aliphatic heterocycles. The number of rotatable bonds is 4. The van der Waals surface area contributed by atoms with Gasteiger partial charge in [-0.1, -0.05) is 11.6 Å². The number of hydrogen-bond donors (Lipinski definition) is 1. The lowest BCUT2D eigenvalue weighted by Crippen LogP contribution is -2.21. The maximum absolute atomic E-state index is 11.8. The zero-order valence-electron chi connectivity index (χ0n) is 11.8. The molecule has 0 saturated heterocycles. The van der Waals surface area contributed by atoms with Crippen LogP contribution < -0.4 is 14.8 Å². The summed E-state index contributed by atoms with van der Waals surface area (Å²) in [5.74, 6) is 0.173. The first-order valence-electron chi connectivity index (χ1n) is 6.74. The number of nitrogens with one attached hydrogen (secondary N) is 1. The summed E-state index contributed by atoms with van der Waals surface area (Å²) in [4.78, 5) is 23.9. The van der Waals surface area contributed by atoms with Crippen LogP contribution in [0.1, 0.15) is 9.67 Å². The third-order valence-electron chi connectivity index (χ3n) is 2.93. The zero-order chi connectivity index (χ0) is 16.2. The topological polar surface area (TPSA) is 73.9 Å². The fourth-order valence-corrected chi connectivity index (χ4v) is 2.88. The van der Waals surface area contributed by atoms with E-state index in [0.29, 0.717) is 39.6 Å². The van der Waals surface area contributed by atoms with Crippen molar-refractivity contribution >= 4 is 40.5 Å². The van der Waals surface area contributed by atoms with E-state index in [-0.39, 0.29) is 6.61 Å². The number of esters is 1. The Bertz CT molecular complexity index is 745. The van der Waals surface area contributed by atoms with Crippen LogP contribution in [0.2, 0.25) is 4.34 Å². The minimum Gasteiger partial charge on any atom is -0.486 e. The van der Waals surface area contributed by atoms with Crippen LogP contribution in [0.15, 0.2) is 30.3 Å². The van der Waals surface area contributed by atoms with Gasteiger partial charge in [0.05, 0.1) is 4.34 Å². The number of ether oxygens (including phenoxy) is 3. The molecule has 1 aromatic heterocycles. The quantitative estimate of drug-likeness (QED) is 0.855. The molecule has 0 unspecified atom stereocenters. The molecule has 1 aliphatic rings. The van der Waals surface area contributed by atoms with Gasteiger partial charge in [0.15, 0.2) is 18.1 Å². The number of benzene rings is 1. The minimum atomic E-state index is -0.584. The third-order valence-corrected chi connectivity index (χ3v) is 4.15. The Labute approximate surface area is 140 Å². The normalized spacial score (nSPS) is 12.6. The van der Waals surface area contributed by atoms with Gasteiger partial charge in [-0.25, -0.2) is 4.79 Å². The summed E-state index contributed by atoms with van der Waals surface area (Å²) in [5, 5.41) is 2.63. The van der Waals surface area contributed by atoms with Crippen LogP contribution in [-0.2, 0) is 9.53 Å². The SMILES string of the molecule is O=C(COC(=O)c1ccc(Cl)s1)Nc1ccc2c(c1)OCCO2. The summed E-state index contributed by atoms with van der Waals surface area (Å²) in [6, 6.07) is 8.20. The molecule has 0 atom stereocenters. The van der Waals surface area contributed by atoms with Gasteiger partial charge in [-0.3, -0.25) is 4.79 Å². The molecule has 23 heavy (non-hydrogen) atoms. The first-order chi connectivity index (χ1) is 11.1. The molecule has 8 heteroatoms. The Hall–Kier alpha value is -2.25. The molecule has 0 radical (unpaired) electrons. The summed E-state index contributed by atoms with van der Waals surface area (Å²) >= 11 is 6.84. The average molecular weight is 354 g/mol. The Morgan fingerprint density at radius 2 is 1.96 bits per heavy atom. The van der Waals surface area contributed by atoms with Crippen molar-refractivity contribution < 1.29 is 23.8 Å². The molecule has 120 valence electrons. The molecular formula is C15H12ClNO5S. The van der Waals surface area contributed by atoms with Crippen molar-refractivity contribution in [3.8, 4) is 11.5 Å². The third kappa shape index (κ3) is 3.94. The number of thiophene rings is 1. The van der Waals surface area contributed by atoms with Gasteiger partial charge >= 0.3 is 5.97 Å². The van der Waals surface area contributed by atoms with Gasteiger partial charge < -0.3 is 19.5 Å². The number of halogens is 1. The highest BCUT2D eigenvalue weighted by molar-refractivity contribution is 7.17. The van der Waals surface area contributed by atoms with Crippen molar-refractivity contribution in [2.75, 3.05) is 25.1 Å². The molecule has 0 aliphatic carbocycles. The predicted octanol–water partition coefficient (Wildman–Crippen LogP) is 2.97. The fourth-order valence-electron chi connectivity index (χ4n) is 1.94. The van der Waals surface area contributed by atoms with Crippen LogP contribution in [0.25, 0.3) is 0 Å². The van der Waals surface area contributed by atoms with Crippen molar-refractivity contribution in [2.45, 2.75) is 0 Å². The lowest BCUT2D eigenvalue weighted by atomic mass is 10.2. The van der Waals surface area contributed by atoms with Crippen molar-refractivity contribution in [1.82, 2.24) is 0 Å². The highest BCUT2D eigenvalue weighted by Gasteiger charge is 2.15. The van der Waals surface area contributed by atoms with E-state index in [4.69, 9.17) is 25.8 Å². The van der Waals surface area contributed by atoms with Crippen LogP contribution in [0.3, 0.4) is 0 Å². The Balaban J connectivity index is 1.54. The van der Waals surface area contributed by atoms with Crippen LogP contribution in [-0.4, -0.2) is 31.7 Å². The van der Waals surface area contributed by atoms with Gasteiger partial charge in [-0.2, -0.15) is 0 Å². The zero-order valence-corrected chi connectivity index (χ0v) is 13.4. The van der Waals surface area contributed by atoms with E-state index in [1.165, 1.54) is 0 Å². The lowest BCUT2D eigenvalue weighted by molar-refractivity contribution is -0.119. The minimum absolute atomic E-state index is 0.349. The smallest absolute Gasteiger partial charge is 0.348 e. The lowest BCUT2D eigenvalue weighted by Gasteiger charge is -2.18. The second-order valence-corrected chi connectivity index (χ2v) is 6.30. The molecule has 1 amide bonds. The molecule has 3 rings (SSSR count). The van der Waals surface area contributed by atoms with E-state index < -0.39 is 11.9 Å². The van der Waals surface area contributed by atoms with Crippen LogP contribution in [0, 0.1) is 0 Å². The molecular weight excluding hydrogens is 342 g/mol. The van der Waals surface area contributed by atoms with Gasteiger partial charge in [0.25, 0.3) is 5.91 Å². The van der Waals surface area contributed by atoms with Crippen LogP contribution in [0.5, 0.6) is 11.5 Å². The van der Waals surface area contributed by atoms with E-state index in [1.54, 1.807) is 30.3 Å². The first kappa shape index (κ1) is 15.6. The summed E-state index contributed by atoms with van der Waals surface area (Å²) < 4.78 is 16.2. The van der Waals surface area contributed by atoms with Gasteiger partial charge in [0.1, 0.15) is 18.1 Å². The number of hydrogen-bond acceptors (Lipinski definition) is 6. The van der Waals surface area contributed by atoms with Crippen molar-refractivity contribution in [3.63, 3.8) is 0 Å². The van der Waals surface area contributed by atoms with E-state index in [0.717, 1.165) is 11.3 Å². The monoisotopic (exact) mass is 353 g/mol. The summed E-state index contributed by atoms with van der Waals surface area (Å²) in [5.41, 5.74) is 0.537. The molecule has 0 spiro atoms. The molecule has 2 heterocycles.